The van der Waals surface area contributed by atoms with E-state index in [-0.39, 0.29) is 6.61 Å². The third-order valence-corrected chi connectivity index (χ3v) is 3.29. The van der Waals surface area contributed by atoms with Crippen molar-refractivity contribution in [3.05, 3.63) is 29.6 Å². The monoisotopic (exact) mass is 222 g/mol. The molecule has 1 aromatic rings. The largest absolute Gasteiger partial charge is 0.396 e. The maximum absolute atomic E-state index is 8.85. The SMILES string of the molecule is CC(CO)CSCc1cccnc1C#N. The fourth-order valence-electron chi connectivity index (χ4n) is 1.08. The predicted octanol–water partition coefficient (Wildman–Crippen LogP) is 1.81. The normalized spacial score (nSPS) is 12.1. The van der Waals surface area contributed by atoms with E-state index in [1.807, 2.05) is 19.1 Å². The Balaban J connectivity index is 2.47. The van der Waals surface area contributed by atoms with E-state index in [1.54, 1.807) is 18.0 Å². The lowest BCUT2D eigenvalue weighted by atomic mass is 10.2. The first-order valence-corrected chi connectivity index (χ1v) is 5.96. The number of aromatic nitrogens is 1. The summed E-state index contributed by atoms with van der Waals surface area (Å²) < 4.78 is 0. The molecule has 3 nitrogen and oxygen atoms in total. The predicted molar refractivity (Wildman–Crippen MR) is 61.4 cm³/mol. The summed E-state index contributed by atoms with van der Waals surface area (Å²) >= 11 is 1.72. The third kappa shape index (κ3) is 3.90. The van der Waals surface area contributed by atoms with Crippen LogP contribution in [0.3, 0.4) is 0 Å². The number of nitrogens with zero attached hydrogens (tertiary/aromatic N) is 2. The Morgan fingerprint density at radius 2 is 2.47 bits per heavy atom. The van der Waals surface area contributed by atoms with E-state index in [2.05, 4.69) is 11.1 Å². The Bertz CT molecular complexity index is 349. The molecule has 1 heterocycles. The topological polar surface area (TPSA) is 56.9 Å². The minimum atomic E-state index is 0.213. The summed E-state index contributed by atoms with van der Waals surface area (Å²) in [4.78, 5) is 3.99. The van der Waals surface area contributed by atoms with Gasteiger partial charge in [0.2, 0.25) is 0 Å². The zero-order valence-corrected chi connectivity index (χ0v) is 9.50. The maximum atomic E-state index is 8.85. The van der Waals surface area contributed by atoms with Crippen LogP contribution < -0.4 is 0 Å². The number of thioether (sulfide) groups is 1. The van der Waals surface area contributed by atoms with Crippen LogP contribution in [0.2, 0.25) is 0 Å². The fraction of sp³-hybridized carbons (Fsp3) is 0.455. The number of rotatable bonds is 5. The summed E-state index contributed by atoms with van der Waals surface area (Å²) in [5, 5.41) is 17.7. The highest BCUT2D eigenvalue weighted by Crippen LogP contribution is 2.16. The second-order valence-electron chi connectivity index (χ2n) is 3.43. The third-order valence-electron chi connectivity index (χ3n) is 1.97. The lowest BCUT2D eigenvalue weighted by Crippen LogP contribution is -2.03. The van der Waals surface area contributed by atoms with Crippen molar-refractivity contribution >= 4 is 11.8 Å². The average molecular weight is 222 g/mol. The number of aliphatic hydroxyl groups excluding tert-OH is 1. The van der Waals surface area contributed by atoms with Crippen molar-refractivity contribution in [3.8, 4) is 6.07 Å². The molecule has 1 N–H and O–H groups in total. The number of hydrogen-bond acceptors (Lipinski definition) is 4. The first-order chi connectivity index (χ1) is 7.27. The van der Waals surface area contributed by atoms with Gasteiger partial charge in [-0.2, -0.15) is 17.0 Å². The van der Waals surface area contributed by atoms with Crippen molar-refractivity contribution in [3.63, 3.8) is 0 Å². The van der Waals surface area contributed by atoms with Gasteiger partial charge in [0.05, 0.1) is 0 Å². The molecule has 1 atom stereocenters. The van der Waals surface area contributed by atoms with Crippen molar-refractivity contribution in [1.82, 2.24) is 4.98 Å². The molecular weight excluding hydrogens is 208 g/mol. The quantitative estimate of drug-likeness (QED) is 0.825. The van der Waals surface area contributed by atoms with Crippen LogP contribution in [0.1, 0.15) is 18.2 Å². The molecule has 0 fully saturated rings. The Morgan fingerprint density at radius 3 is 3.13 bits per heavy atom. The molecule has 0 saturated heterocycles. The molecule has 0 radical (unpaired) electrons. The van der Waals surface area contributed by atoms with Gasteiger partial charge in [0.15, 0.2) is 0 Å². The minimum Gasteiger partial charge on any atom is -0.396 e. The smallest absolute Gasteiger partial charge is 0.144 e. The molecule has 0 spiro atoms. The fourth-order valence-corrected chi connectivity index (χ4v) is 2.16. The second kappa shape index (κ2) is 6.44. The Kier molecular flexibility index (Phi) is 5.16. The molecule has 0 saturated carbocycles. The van der Waals surface area contributed by atoms with Crippen molar-refractivity contribution < 1.29 is 5.11 Å². The zero-order valence-electron chi connectivity index (χ0n) is 8.68. The van der Waals surface area contributed by atoms with Gasteiger partial charge in [0.1, 0.15) is 11.8 Å². The van der Waals surface area contributed by atoms with E-state index in [9.17, 15) is 0 Å². The van der Waals surface area contributed by atoms with Crippen LogP contribution in [0, 0.1) is 17.2 Å². The zero-order chi connectivity index (χ0) is 11.1. The van der Waals surface area contributed by atoms with E-state index in [1.165, 1.54) is 0 Å². The standard InChI is InChI=1S/C11H14N2OS/c1-9(6-14)7-15-8-10-3-2-4-13-11(10)5-12/h2-4,9,14H,6-8H2,1H3. The summed E-state index contributed by atoms with van der Waals surface area (Å²) in [5.74, 6) is 1.98. The molecule has 1 aromatic heterocycles. The summed E-state index contributed by atoms with van der Waals surface area (Å²) in [6.07, 6.45) is 1.63. The first-order valence-electron chi connectivity index (χ1n) is 4.80. The van der Waals surface area contributed by atoms with Gasteiger partial charge in [0, 0.05) is 18.6 Å². The second-order valence-corrected chi connectivity index (χ2v) is 4.46. The number of aliphatic hydroxyl groups is 1. The highest BCUT2D eigenvalue weighted by Gasteiger charge is 2.04. The Labute approximate surface area is 94.2 Å². The van der Waals surface area contributed by atoms with Gasteiger partial charge in [-0.15, -0.1) is 0 Å². The minimum absolute atomic E-state index is 0.213. The lowest BCUT2D eigenvalue weighted by Gasteiger charge is -2.07. The molecule has 1 rings (SSSR count). The summed E-state index contributed by atoms with van der Waals surface area (Å²) in [6.45, 7) is 2.21. The van der Waals surface area contributed by atoms with Crippen LogP contribution in [-0.2, 0) is 5.75 Å². The number of nitriles is 1. The Hall–Kier alpha value is -1.05. The van der Waals surface area contributed by atoms with Crippen molar-refractivity contribution in [1.29, 1.82) is 5.26 Å². The molecule has 0 aliphatic rings. The number of pyridine rings is 1. The van der Waals surface area contributed by atoms with E-state index in [4.69, 9.17) is 10.4 Å². The van der Waals surface area contributed by atoms with Gasteiger partial charge >= 0.3 is 0 Å². The highest BCUT2D eigenvalue weighted by atomic mass is 32.2. The van der Waals surface area contributed by atoms with Gasteiger partial charge < -0.3 is 5.11 Å². The van der Waals surface area contributed by atoms with E-state index in [0.29, 0.717) is 11.6 Å². The molecular formula is C11H14N2OS. The summed E-state index contributed by atoms with van der Waals surface area (Å²) in [6, 6.07) is 5.83. The molecule has 4 heteroatoms. The average Bonchev–Trinajstić information content (AvgIpc) is 2.29. The van der Waals surface area contributed by atoms with Gasteiger partial charge in [0.25, 0.3) is 0 Å². The van der Waals surface area contributed by atoms with Crippen molar-refractivity contribution in [2.24, 2.45) is 5.92 Å². The highest BCUT2D eigenvalue weighted by molar-refractivity contribution is 7.98. The van der Waals surface area contributed by atoms with Crippen LogP contribution in [0.5, 0.6) is 0 Å². The summed E-state index contributed by atoms with van der Waals surface area (Å²) in [7, 11) is 0. The van der Waals surface area contributed by atoms with E-state index in [0.717, 1.165) is 17.1 Å². The van der Waals surface area contributed by atoms with Crippen LogP contribution in [0.4, 0.5) is 0 Å². The Morgan fingerprint density at radius 1 is 1.67 bits per heavy atom. The molecule has 0 aliphatic carbocycles. The molecule has 1 unspecified atom stereocenters. The van der Waals surface area contributed by atoms with E-state index >= 15 is 0 Å². The van der Waals surface area contributed by atoms with Crippen LogP contribution >= 0.6 is 11.8 Å². The van der Waals surface area contributed by atoms with Crippen molar-refractivity contribution in [2.45, 2.75) is 12.7 Å². The van der Waals surface area contributed by atoms with Gasteiger partial charge in [-0.3, -0.25) is 0 Å². The first kappa shape index (κ1) is 12.0. The molecule has 0 aromatic carbocycles. The molecule has 0 amide bonds. The van der Waals surface area contributed by atoms with Crippen molar-refractivity contribution in [2.75, 3.05) is 12.4 Å². The number of hydrogen-bond donors (Lipinski definition) is 1. The molecule has 0 aliphatic heterocycles. The maximum Gasteiger partial charge on any atom is 0.144 e. The van der Waals surface area contributed by atoms with Crippen LogP contribution in [0.25, 0.3) is 0 Å². The van der Waals surface area contributed by atoms with Crippen LogP contribution in [-0.4, -0.2) is 22.5 Å². The van der Waals surface area contributed by atoms with Gasteiger partial charge in [-0.25, -0.2) is 4.98 Å². The lowest BCUT2D eigenvalue weighted by molar-refractivity contribution is 0.250. The molecule has 0 bridgehead atoms. The van der Waals surface area contributed by atoms with Gasteiger partial charge in [-0.05, 0) is 23.3 Å². The molecule has 15 heavy (non-hydrogen) atoms. The van der Waals surface area contributed by atoms with Gasteiger partial charge in [-0.1, -0.05) is 13.0 Å². The molecule has 80 valence electrons. The summed E-state index contributed by atoms with van der Waals surface area (Å²) in [5.41, 5.74) is 1.47. The van der Waals surface area contributed by atoms with E-state index < -0.39 is 0 Å². The van der Waals surface area contributed by atoms with Crippen LogP contribution in [0.15, 0.2) is 18.3 Å².